The van der Waals surface area contributed by atoms with E-state index in [4.69, 9.17) is 14.2 Å². The molecule has 140 valence electrons. The maximum absolute atomic E-state index is 9.91. The molecule has 0 amide bonds. The first-order valence-electron chi connectivity index (χ1n) is 9.45. The maximum atomic E-state index is 9.91. The Morgan fingerprint density at radius 1 is 0.923 bits per heavy atom. The molecular formula is C22H28O4. The van der Waals surface area contributed by atoms with E-state index in [1.165, 1.54) is 18.4 Å². The lowest BCUT2D eigenvalue weighted by Gasteiger charge is -2.10. The van der Waals surface area contributed by atoms with E-state index in [0.717, 1.165) is 44.0 Å². The van der Waals surface area contributed by atoms with E-state index in [-0.39, 0.29) is 0 Å². The Balaban J connectivity index is 0.000000181. The predicted molar refractivity (Wildman–Crippen MR) is 102 cm³/mol. The van der Waals surface area contributed by atoms with Crippen molar-refractivity contribution in [1.82, 2.24) is 0 Å². The SMILES string of the molecule is C(OCC1CO1)C1CO1.CCCCc1ccccc1-c1ccccc1O. The van der Waals surface area contributed by atoms with Gasteiger partial charge in [0.05, 0.1) is 26.4 Å². The summed E-state index contributed by atoms with van der Waals surface area (Å²) in [5.74, 6) is 0.358. The average molecular weight is 356 g/mol. The number of hydrogen-bond acceptors (Lipinski definition) is 4. The van der Waals surface area contributed by atoms with Gasteiger partial charge in [0.1, 0.15) is 18.0 Å². The molecule has 2 aromatic carbocycles. The zero-order chi connectivity index (χ0) is 18.2. The fourth-order valence-electron chi connectivity index (χ4n) is 2.73. The van der Waals surface area contributed by atoms with Crippen molar-refractivity contribution in [3.8, 4) is 16.9 Å². The van der Waals surface area contributed by atoms with Crippen molar-refractivity contribution in [2.45, 2.75) is 38.4 Å². The smallest absolute Gasteiger partial charge is 0.123 e. The zero-order valence-electron chi connectivity index (χ0n) is 15.4. The summed E-state index contributed by atoms with van der Waals surface area (Å²) in [5, 5.41) is 9.91. The van der Waals surface area contributed by atoms with Crippen molar-refractivity contribution in [2.75, 3.05) is 26.4 Å². The first kappa shape index (κ1) is 18.9. The average Bonchev–Trinajstić information content (AvgIpc) is 3.57. The quantitative estimate of drug-likeness (QED) is 0.720. The summed E-state index contributed by atoms with van der Waals surface area (Å²) < 4.78 is 15.1. The van der Waals surface area contributed by atoms with Gasteiger partial charge in [-0.05, 0) is 30.0 Å². The van der Waals surface area contributed by atoms with Crippen LogP contribution >= 0.6 is 0 Å². The second-order valence-electron chi connectivity index (χ2n) is 6.73. The standard InChI is InChI=1S/C16H18O.C6H10O3/c1-2-3-8-13-9-4-5-10-14(13)15-11-6-7-12-16(15)17;1(5-3-8-5)7-2-6-4-9-6/h4-7,9-12,17H,2-3,8H2,1H3;5-6H,1-4H2. The molecule has 26 heavy (non-hydrogen) atoms. The molecule has 2 atom stereocenters. The minimum atomic E-state index is 0.358. The van der Waals surface area contributed by atoms with Crippen molar-refractivity contribution < 1.29 is 19.3 Å². The Kier molecular flexibility index (Phi) is 7.06. The van der Waals surface area contributed by atoms with Crippen LogP contribution in [-0.4, -0.2) is 43.7 Å². The van der Waals surface area contributed by atoms with Crippen LogP contribution in [0.15, 0.2) is 48.5 Å². The van der Waals surface area contributed by atoms with Gasteiger partial charge in [-0.25, -0.2) is 0 Å². The van der Waals surface area contributed by atoms with Gasteiger partial charge >= 0.3 is 0 Å². The van der Waals surface area contributed by atoms with Crippen LogP contribution in [-0.2, 0) is 20.6 Å². The highest BCUT2D eigenvalue weighted by molar-refractivity contribution is 5.72. The maximum Gasteiger partial charge on any atom is 0.123 e. The molecule has 4 nitrogen and oxygen atoms in total. The fraction of sp³-hybridized carbons (Fsp3) is 0.455. The molecule has 2 aliphatic heterocycles. The molecule has 2 saturated heterocycles. The summed E-state index contributed by atoms with van der Waals surface area (Å²) in [4.78, 5) is 0. The summed E-state index contributed by atoms with van der Waals surface area (Å²) in [6, 6.07) is 15.9. The van der Waals surface area contributed by atoms with Gasteiger partial charge in [0.15, 0.2) is 0 Å². The summed E-state index contributed by atoms with van der Waals surface area (Å²) in [6.45, 7) is 5.46. The van der Waals surface area contributed by atoms with Crippen LogP contribution in [0.2, 0.25) is 0 Å². The Morgan fingerprint density at radius 2 is 1.50 bits per heavy atom. The molecule has 2 unspecified atom stereocenters. The van der Waals surface area contributed by atoms with Gasteiger partial charge in [0.2, 0.25) is 0 Å². The summed E-state index contributed by atoms with van der Waals surface area (Å²) in [5.41, 5.74) is 3.40. The van der Waals surface area contributed by atoms with Crippen molar-refractivity contribution in [3.05, 3.63) is 54.1 Å². The van der Waals surface area contributed by atoms with Crippen LogP contribution in [0.1, 0.15) is 25.3 Å². The molecule has 0 saturated carbocycles. The first-order valence-corrected chi connectivity index (χ1v) is 9.45. The highest BCUT2D eigenvalue weighted by atomic mass is 16.6. The highest BCUT2D eigenvalue weighted by Gasteiger charge is 2.26. The van der Waals surface area contributed by atoms with Gasteiger partial charge in [-0.3, -0.25) is 0 Å². The van der Waals surface area contributed by atoms with Crippen molar-refractivity contribution in [1.29, 1.82) is 0 Å². The number of rotatable bonds is 8. The molecule has 1 N–H and O–H groups in total. The molecule has 0 bridgehead atoms. The Labute approximate surface area is 155 Å². The molecule has 2 fully saturated rings. The zero-order valence-corrected chi connectivity index (χ0v) is 15.4. The van der Waals surface area contributed by atoms with Crippen molar-refractivity contribution >= 4 is 0 Å². The molecule has 2 aromatic rings. The molecule has 2 aliphatic rings. The van der Waals surface area contributed by atoms with Crippen LogP contribution in [0, 0.1) is 0 Å². The Morgan fingerprint density at radius 3 is 2.08 bits per heavy atom. The molecule has 0 spiro atoms. The van der Waals surface area contributed by atoms with Crippen LogP contribution < -0.4 is 0 Å². The number of unbranched alkanes of at least 4 members (excludes halogenated alkanes) is 1. The lowest BCUT2D eigenvalue weighted by molar-refractivity contribution is 0.102. The van der Waals surface area contributed by atoms with Gasteiger partial charge in [0.25, 0.3) is 0 Å². The molecular weight excluding hydrogens is 328 g/mol. The normalized spacial score (nSPS) is 20.2. The van der Waals surface area contributed by atoms with Crippen molar-refractivity contribution in [3.63, 3.8) is 0 Å². The Bertz CT molecular complexity index is 665. The molecule has 0 aromatic heterocycles. The number of phenolic OH excluding ortho intramolecular Hbond substituents is 1. The lowest BCUT2D eigenvalue weighted by atomic mass is 9.96. The van der Waals surface area contributed by atoms with Crippen molar-refractivity contribution in [2.24, 2.45) is 0 Å². The number of hydrogen-bond donors (Lipinski definition) is 1. The number of ether oxygens (including phenoxy) is 3. The monoisotopic (exact) mass is 356 g/mol. The summed E-state index contributed by atoms with van der Waals surface area (Å²) in [7, 11) is 0. The number of epoxide rings is 2. The number of phenols is 1. The van der Waals surface area contributed by atoms with E-state index in [1.54, 1.807) is 6.07 Å². The minimum Gasteiger partial charge on any atom is -0.507 e. The Hall–Kier alpha value is -1.88. The lowest BCUT2D eigenvalue weighted by Crippen LogP contribution is -2.06. The van der Waals surface area contributed by atoms with Crippen LogP contribution in [0.5, 0.6) is 5.75 Å². The number of aromatic hydroxyl groups is 1. The van der Waals surface area contributed by atoms with Crippen LogP contribution in [0.25, 0.3) is 11.1 Å². The van der Waals surface area contributed by atoms with Crippen LogP contribution in [0.3, 0.4) is 0 Å². The van der Waals surface area contributed by atoms with E-state index < -0.39 is 0 Å². The number of benzene rings is 2. The van der Waals surface area contributed by atoms with Gasteiger partial charge in [0, 0.05) is 5.56 Å². The second kappa shape index (κ2) is 9.72. The molecule has 0 aliphatic carbocycles. The third kappa shape index (κ3) is 6.13. The topological polar surface area (TPSA) is 54.5 Å². The third-order valence-electron chi connectivity index (χ3n) is 4.42. The number of aryl methyl sites for hydroxylation is 1. The van der Waals surface area contributed by atoms with Gasteiger partial charge in [-0.1, -0.05) is 55.8 Å². The predicted octanol–water partition coefficient (Wildman–Crippen LogP) is 4.20. The van der Waals surface area contributed by atoms with Crippen LogP contribution in [0.4, 0.5) is 0 Å². The highest BCUT2D eigenvalue weighted by Crippen LogP contribution is 2.31. The molecule has 4 rings (SSSR count). The first-order chi connectivity index (χ1) is 12.8. The van der Waals surface area contributed by atoms with E-state index in [0.29, 0.717) is 18.0 Å². The second-order valence-corrected chi connectivity index (χ2v) is 6.73. The fourth-order valence-corrected chi connectivity index (χ4v) is 2.73. The van der Waals surface area contributed by atoms with E-state index in [9.17, 15) is 5.11 Å². The third-order valence-corrected chi connectivity index (χ3v) is 4.42. The summed E-state index contributed by atoms with van der Waals surface area (Å²) >= 11 is 0. The summed E-state index contributed by atoms with van der Waals surface area (Å²) in [6.07, 6.45) is 4.23. The van der Waals surface area contributed by atoms with E-state index in [2.05, 4.69) is 25.1 Å². The number of para-hydroxylation sites is 1. The molecule has 2 heterocycles. The van der Waals surface area contributed by atoms with E-state index >= 15 is 0 Å². The van der Waals surface area contributed by atoms with Gasteiger partial charge in [-0.2, -0.15) is 0 Å². The largest absolute Gasteiger partial charge is 0.507 e. The molecule has 4 heteroatoms. The van der Waals surface area contributed by atoms with Gasteiger partial charge in [-0.15, -0.1) is 0 Å². The molecule has 0 radical (unpaired) electrons. The minimum absolute atomic E-state index is 0.358. The van der Waals surface area contributed by atoms with E-state index in [1.807, 2.05) is 24.3 Å². The van der Waals surface area contributed by atoms with Gasteiger partial charge < -0.3 is 19.3 Å².